The Morgan fingerprint density at radius 2 is 2.10 bits per heavy atom. The van der Waals surface area contributed by atoms with Gasteiger partial charge in [0.25, 0.3) is 5.91 Å². The highest BCUT2D eigenvalue weighted by Gasteiger charge is 2.33. The number of halogens is 3. The molecule has 0 atom stereocenters. The van der Waals surface area contributed by atoms with Crippen molar-refractivity contribution in [2.45, 2.75) is 6.18 Å². The lowest BCUT2D eigenvalue weighted by atomic mass is 10.2. The Labute approximate surface area is 112 Å². The number of nitrogens with zero attached hydrogens (tertiary/aromatic N) is 1. The van der Waals surface area contributed by atoms with E-state index < -0.39 is 23.5 Å². The van der Waals surface area contributed by atoms with Crippen LogP contribution in [0.3, 0.4) is 0 Å². The van der Waals surface area contributed by atoms with E-state index >= 15 is 0 Å². The number of nitriles is 1. The summed E-state index contributed by atoms with van der Waals surface area (Å²) in [6.45, 7) is 0. The standard InChI is InChI=1S/C12H9F3N4O/c13-12(14,15)10(17)5-9(11(18)20)19-8-3-1-2-7(4-8)6-16/h1-5,17,19H,(H2,18,20)/b9-5-,17-10?. The maximum atomic E-state index is 12.2. The van der Waals surface area contributed by atoms with Gasteiger partial charge in [-0.2, -0.15) is 18.4 Å². The average molecular weight is 282 g/mol. The van der Waals surface area contributed by atoms with Crippen molar-refractivity contribution in [3.05, 3.63) is 41.6 Å². The molecule has 0 bridgehead atoms. The Balaban J connectivity index is 3.05. The smallest absolute Gasteiger partial charge is 0.364 e. The number of carbonyl (C=O) groups excluding carboxylic acids is 1. The molecule has 4 N–H and O–H groups in total. The third-order valence-electron chi connectivity index (χ3n) is 2.13. The molecule has 1 aromatic carbocycles. The summed E-state index contributed by atoms with van der Waals surface area (Å²) in [6.07, 6.45) is -4.59. The molecular weight excluding hydrogens is 273 g/mol. The van der Waals surface area contributed by atoms with Gasteiger partial charge < -0.3 is 11.1 Å². The van der Waals surface area contributed by atoms with E-state index in [-0.39, 0.29) is 11.3 Å². The van der Waals surface area contributed by atoms with Gasteiger partial charge in [-0.05, 0) is 24.3 Å². The number of hydrogen-bond acceptors (Lipinski definition) is 4. The monoisotopic (exact) mass is 282 g/mol. The van der Waals surface area contributed by atoms with Crippen molar-refractivity contribution in [2.24, 2.45) is 5.73 Å². The summed E-state index contributed by atoms with van der Waals surface area (Å²) in [5.74, 6) is -1.15. The predicted octanol–water partition coefficient (Wildman–Crippen LogP) is 1.92. The van der Waals surface area contributed by atoms with Crippen molar-refractivity contribution in [3.8, 4) is 6.07 Å². The first-order valence-corrected chi connectivity index (χ1v) is 5.18. The zero-order valence-electron chi connectivity index (χ0n) is 9.95. The lowest BCUT2D eigenvalue weighted by molar-refractivity contribution is -0.114. The number of nitrogens with one attached hydrogen (secondary N) is 2. The van der Waals surface area contributed by atoms with Crippen molar-refractivity contribution in [1.29, 1.82) is 10.7 Å². The van der Waals surface area contributed by atoms with Gasteiger partial charge in [0.05, 0.1) is 11.6 Å². The minimum absolute atomic E-state index is 0.212. The largest absolute Gasteiger partial charge is 0.432 e. The number of benzene rings is 1. The highest BCUT2D eigenvalue weighted by atomic mass is 19.4. The fourth-order valence-electron chi connectivity index (χ4n) is 1.22. The van der Waals surface area contributed by atoms with Crippen LogP contribution >= 0.6 is 0 Å². The molecule has 0 aliphatic carbocycles. The number of carbonyl (C=O) groups is 1. The molecule has 104 valence electrons. The second-order valence-electron chi connectivity index (χ2n) is 3.65. The van der Waals surface area contributed by atoms with Crippen LogP contribution in [0.4, 0.5) is 18.9 Å². The lowest BCUT2D eigenvalue weighted by Gasteiger charge is -2.10. The van der Waals surface area contributed by atoms with E-state index in [1.807, 2.05) is 6.07 Å². The third kappa shape index (κ3) is 4.13. The van der Waals surface area contributed by atoms with Gasteiger partial charge in [-0.1, -0.05) is 6.07 Å². The van der Waals surface area contributed by atoms with Gasteiger partial charge in [-0.3, -0.25) is 10.2 Å². The maximum Gasteiger partial charge on any atom is 0.432 e. The van der Waals surface area contributed by atoms with Crippen LogP contribution in [0.2, 0.25) is 0 Å². The fourth-order valence-corrected chi connectivity index (χ4v) is 1.22. The maximum absolute atomic E-state index is 12.2. The minimum atomic E-state index is -4.88. The first-order valence-electron chi connectivity index (χ1n) is 5.18. The third-order valence-corrected chi connectivity index (χ3v) is 2.13. The Kier molecular flexibility index (Phi) is 4.48. The van der Waals surface area contributed by atoms with E-state index in [2.05, 4.69) is 5.32 Å². The van der Waals surface area contributed by atoms with Crippen LogP contribution in [-0.4, -0.2) is 17.8 Å². The molecule has 1 amide bonds. The van der Waals surface area contributed by atoms with E-state index in [9.17, 15) is 18.0 Å². The first kappa shape index (κ1) is 15.2. The number of alkyl halides is 3. The second-order valence-corrected chi connectivity index (χ2v) is 3.65. The second kappa shape index (κ2) is 5.88. The number of allylic oxidation sites excluding steroid dienone is 1. The summed E-state index contributed by atoms with van der Waals surface area (Å²) >= 11 is 0. The molecule has 20 heavy (non-hydrogen) atoms. The van der Waals surface area contributed by atoms with E-state index in [0.717, 1.165) is 0 Å². The van der Waals surface area contributed by atoms with Crippen molar-refractivity contribution >= 4 is 17.3 Å². The van der Waals surface area contributed by atoms with E-state index in [1.54, 1.807) is 0 Å². The summed E-state index contributed by atoms with van der Waals surface area (Å²) in [7, 11) is 0. The Morgan fingerprint density at radius 3 is 2.60 bits per heavy atom. The average Bonchev–Trinajstić information content (AvgIpc) is 2.36. The fraction of sp³-hybridized carbons (Fsp3) is 0.0833. The number of hydrogen-bond donors (Lipinski definition) is 3. The number of anilines is 1. The lowest BCUT2D eigenvalue weighted by Crippen LogP contribution is -2.25. The Morgan fingerprint density at radius 1 is 1.45 bits per heavy atom. The van der Waals surface area contributed by atoms with E-state index in [1.165, 1.54) is 24.3 Å². The molecule has 0 aliphatic heterocycles. The molecule has 0 unspecified atom stereocenters. The quantitative estimate of drug-likeness (QED) is 0.580. The zero-order valence-corrected chi connectivity index (χ0v) is 9.95. The SMILES string of the molecule is N#Cc1cccc(N/C(=C\C(=N)C(F)(F)F)C(N)=O)c1. The zero-order chi connectivity index (χ0) is 15.3. The van der Waals surface area contributed by atoms with Gasteiger partial charge in [0.1, 0.15) is 11.4 Å². The van der Waals surface area contributed by atoms with E-state index in [4.69, 9.17) is 16.4 Å². The van der Waals surface area contributed by atoms with Gasteiger partial charge in [0, 0.05) is 5.69 Å². The highest BCUT2D eigenvalue weighted by Crippen LogP contribution is 2.19. The molecule has 0 heterocycles. The van der Waals surface area contributed by atoms with Gasteiger partial charge in [0.15, 0.2) is 0 Å². The molecule has 1 aromatic rings. The molecule has 0 fully saturated rings. The molecule has 0 spiro atoms. The van der Waals surface area contributed by atoms with Gasteiger partial charge in [-0.15, -0.1) is 0 Å². The Hall–Kier alpha value is -2.82. The predicted molar refractivity (Wildman–Crippen MR) is 65.8 cm³/mol. The molecule has 0 saturated heterocycles. The Bertz CT molecular complexity index is 614. The van der Waals surface area contributed by atoms with Crippen molar-refractivity contribution in [2.75, 3.05) is 5.32 Å². The van der Waals surface area contributed by atoms with Crippen LogP contribution in [0.15, 0.2) is 36.0 Å². The summed E-state index contributed by atoms with van der Waals surface area (Å²) in [5.41, 5.74) is 3.11. The minimum Gasteiger partial charge on any atom is -0.364 e. The van der Waals surface area contributed by atoms with Crippen LogP contribution in [-0.2, 0) is 4.79 Å². The highest BCUT2D eigenvalue weighted by molar-refractivity contribution is 6.06. The molecule has 0 radical (unpaired) electrons. The summed E-state index contributed by atoms with van der Waals surface area (Å²) in [6, 6.07) is 7.57. The molecule has 8 heteroatoms. The number of rotatable bonds is 4. The van der Waals surface area contributed by atoms with Crippen molar-refractivity contribution in [1.82, 2.24) is 0 Å². The van der Waals surface area contributed by atoms with Crippen molar-refractivity contribution in [3.63, 3.8) is 0 Å². The molecule has 0 aliphatic rings. The van der Waals surface area contributed by atoms with E-state index in [0.29, 0.717) is 6.08 Å². The number of primary amides is 1. The summed E-state index contributed by atoms with van der Waals surface area (Å²) in [5, 5.41) is 17.8. The van der Waals surface area contributed by atoms with Crippen molar-refractivity contribution < 1.29 is 18.0 Å². The summed E-state index contributed by atoms with van der Waals surface area (Å²) < 4.78 is 36.7. The normalized spacial score (nSPS) is 11.6. The molecule has 1 rings (SSSR count). The van der Waals surface area contributed by atoms with Gasteiger partial charge >= 0.3 is 6.18 Å². The topological polar surface area (TPSA) is 103 Å². The van der Waals surface area contributed by atoms with Crippen LogP contribution in [0.5, 0.6) is 0 Å². The molecular formula is C12H9F3N4O. The van der Waals surface area contributed by atoms with Crippen LogP contribution < -0.4 is 11.1 Å². The van der Waals surface area contributed by atoms with Crippen LogP contribution in [0, 0.1) is 16.7 Å². The molecule has 0 aromatic heterocycles. The van der Waals surface area contributed by atoms with Crippen LogP contribution in [0.1, 0.15) is 5.56 Å². The number of amides is 1. The van der Waals surface area contributed by atoms with Gasteiger partial charge in [-0.25, -0.2) is 0 Å². The molecule has 5 nitrogen and oxygen atoms in total. The van der Waals surface area contributed by atoms with Crippen LogP contribution in [0.25, 0.3) is 0 Å². The number of nitrogens with two attached hydrogens (primary N) is 1. The van der Waals surface area contributed by atoms with Gasteiger partial charge in [0.2, 0.25) is 0 Å². The molecule has 0 saturated carbocycles. The first-order chi connectivity index (χ1) is 9.24. The summed E-state index contributed by atoms with van der Waals surface area (Å²) in [4.78, 5) is 11.1.